The number of hydrogen-bond donors (Lipinski definition) is 2. The molecule has 1 saturated heterocycles. The third-order valence-corrected chi connectivity index (χ3v) is 5.33. The van der Waals surface area contributed by atoms with E-state index in [9.17, 15) is 23.1 Å². The van der Waals surface area contributed by atoms with E-state index in [1.54, 1.807) is 0 Å². The van der Waals surface area contributed by atoms with Crippen LogP contribution in [0.25, 0.3) is 0 Å². The molecule has 1 atom stereocenters. The standard InChI is InChI=1S/C16H23N3O5S/c1-3-25(23,24)17-14-6-4-13(5-7-14)16(22)19-9-8-18(12(2)20)10-15(21)11-19/h4-7,15,17,21H,3,8-11H2,1-2H3. The molecule has 2 amide bonds. The quantitative estimate of drug-likeness (QED) is 0.784. The van der Waals surface area contributed by atoms with E-state index in [2.05, 4.69) is 4.72 Å². The fourth-order valence-electron chi connectivity index (χ4n) is 2.58. The molecule has 1 aliphatic rings. The van der Waals surface area contributed by atoms with Gasteiger partial charge in [-0.1, -0.05) is 0 Å². The largest absolute Gasteiger partial charge is 0.389 e. The molecule has 1 unspecified atom stereocenters. The second kappa shape index (κ2) is 7.83. The molecular formula is C16H23N3O5S. The fourth-order valence-corrected chi connectivity index (χ4v) is 3.22. The molecule has 0 aliphatic carbocycles. The normalized spacial score (nSPS) is 18.6. The Morgan fingerprint density at radius 2 is 1.72 bits per heavy atom. The van der Waals surface area contributed by atoms with Gasteiger partial charge in [-0.15, -0.1) is 0 Å². The summed E-state index contributed by atoms with van der Waals surface area (Å²) in [5, 5.41) is 10.0. The van der Waals surface area contributed by atoms with Gasteiger partial charge in [0.2, 0.25) is 15.9 Å². The third kappa shape index (κ3) is 5.17. The van der Waals surface area contributed by atoms with Gasteiger partial charge in [0.1, 0.15) is 0 Å². The van der Waals surface area contributed by atoms with E-state index in [0.29, 0.717) is 24.3 Å². The maximum Gasteiger partial charge on any atom is 0.254 e. The van der Waals surface area contributed by atoms with Crippen LogP contribution < -0.4 is 4.72 Å². The van der Waals surface area contributed by atoms with E-state index in [-0.39, 0.29) is 30.7 Å². The maximum absolute atomic E-state index is 12.6. The van der Waals surface area contributed by atoms with Crippen molar-refractivity contribution in [2.24, 2.45) is 0 Å². The van der Waals surface area contributed by atoms with Crippen molar-refractivity contribution in [3.05, 3.63) is 29.8 Å². The molecule has 0 bridgehead atoms. The zero-order valence-corrected chi connectivity index (χ0v) is 15.1. The van der Waals surface area contributed by atoms with Crippen molar-refractivity contribution >= 4 is 27.5 Å². The number of aliphatic hydroxyl groups excluding tert-OH is 1. The van der Waals surface area contributed by atoms with Crippen molar-refractivity contribution in [2.45, 2.75) is 20.0 Å². The van der Waals surface area contributed by atoms with Crippen LogP contribution in [0.4, 0.5) is 5.69 Å². The van der Waals surface area contributed by atoms with Crippen LogP contribution in [0.2, 0.25) is 0 Å². The molecule has 25 heavy (non-hydrogen) atoms. The smallest absolute Gasteiger partial charge is 0.254 e. The minimum Gasteiger partial charge on any atom is -0.389 e. The zero-order chi connectivity index (χ0) is 18.6. The highest BCUT2D eigenvalue weighted by atomic mass is 32.2. The molecule has 1 aromatic carbocycles. The lowest BCUT2D eigenvalue weighted by molar-refractivity contribution is -0.129. The molecule has 2 rings (SSSR count). The minimum atomic E-state index is -3.37. The molecule has 9 heteroatoms. The maximum atomic E-state index is 12.6. The molecule has 1 fully saturated rings. The molecule has 0 aromatic heterocycles. The highest BCUT2D eigenvalue weighted by molar-refractivity contribution is 7.92. The first-order valence-corrected chi connectivity index (χ1v) is 9.70. The molecule has 0 saturated carbocycles. The number of hydrogen-bond acceptors (Lipinski definition) is 5. The van der Waals surface area contributed by atoms with E-state index in [0.717, 1.165) is 0 Å². The number of sulfonamides is 1. The van der Waals surface area contributed by atoms with Crippen LogP contribution in [-0.4, -0.2) is 73.2 Å². The molecule has 0 radical (unpaired) electrons. The van der Waals surface area contributed by atoms with E-state index < -0.39 is 16.1 Å². The van der Waals surface area contributed by atoms with Crippen molar-refractivity contribution < 1.29 is 23.1 Å². The van der Waals surface area contributed by atoms with Crippen LogP contribution >= 0.6 is 0 Å². The molecule has 1 aromatic rings. The van der Waals surface area contributed by atoms with Gasteiger partial charge in [-0.25, -0.2) is 8.42 Å². The summed E-state index contributed by atoms with van der Waals surface area (Å²) in [4.78, 5) is 27.1. The molecular weight excluding hydrogens is 346 g/mol. The van der Waals surface area contributed by atoms with Gasteiger partial charge >= 0.3 is 0 Å². The molecule has 1 heterocycles. The summed E-state index contributed by atoms with van der Waals surface area (Å²) in [6.45, 7) is 4.02. The Labute approximate surface area is 147 Å². The highest BCUT2D eigenvalue weighted by Gasteiger charge is 2.26. The monoisotopic (exact) mass is 369 g/mol. The van der Waals surface area contributed by atoms with Crippen LogP contribution in [0, 0.1) is 0 Å². The number of carbonyl (C=O) groups excluding carboxylic acids is 2. The summed E-state index contributed by atoms with van der Waals surface area (Å²) >= 11 is 0. The number of carbonyl (C=O) groups is 2. The van der Waals surface area contributed by atoms with E-state index in [1.807, 2.05) is 0 Å². The molecule has 1 aliphatic heterocycles. The number of β-amino-alcohol motifs (C(OH)–C–C–N with tert-alkyl or cyclic N) is 1. The van der Waals surface area contributed by atoms with Gasteiger partial charge in [-0.2, -0.15) is 0 Å². The molecule has 138 valence electrons. The van der Waals surface area contributed by atoms with E-state index in [4.69, 9.17) is 0 Å². The predicted molar refractivity (Wildman–Crippen MR) is 93.7 cm³/mol. The Hall–Kier alpha value is -2.13. The zero-order valence-electron chi connectivity index (χ0n) is 14.3. The lowest BCUT2D eigenvalue weighted by Crippen LogP contribution is -2.37. The SMILES string of the molecule is CCS(=O)(=O)Nc1ccc(C(=O)N2CCN(C(C)=O)CC(O)C2)cc1. The Balaban J connectivity index is 2.08. The number of rotatable bonds is 4. The number of amides is 2. The first-order valence-electron chi connectivity index (χ1n) is 8.05. The van der Waals surface area contributed by atoms with Gasteiger partial charge in [0.05, 0.1) is 11.9 Å². The average molecular weight is 369 g/mol. The molecule has 0 spiro atoms. The summed E-state index contributed by atoms with van der Waals surface area (Å²) in [7, 11) is -3.37. The molecule has 2 N–H and O–H groups in total. The fraction of sp³-hybridized carbons (Fsp3) is 0.500. The van der Waals surface area contributed by atoms with Gasteiger partial charge in [-0.3, -0.25) is 14.3 Å². The first kappa shape index (κ1) is 19.2. The summed E-state index contributed by atoms with van der Waals surface area (Å²) in [6, 6.07) is 6.12. The summed E-state index contributed by atoms with van der Waals surface area (Å²) in [5.74, 6) is -0.443. The van der Waals surface area contributed by atoms with Crippen molar-refractivity contribution in [1.82, 2.24) is 9.80 Å². The number of anilines is 1. The lowest BCUT2D eigenvalue weighted by Gasteiger charge is -2.21. The Kier molecular flexibility index (Phi) is 6.02. The topological polar surface area (TPSA) is 107 Å². The van der Waals surface area contributed by atoms with Crippen molar-refractivity contribution in [3.8, 4) is 0 Å². The second-order valence-corrected chi connectivity index (χ2v) is 7.96. The van der Waals surface area contributed by atoms with E-state index >= 15 is 0 Å². The first-order chi connectivity index (χ1) is 11.7. The van der Waals surface area contributed by atoms with Crippen LogP contribution in [0.3, 0.4) is 0 Å². The summed E-state index contributed by atoms with van der Waals surface area (Å²) in [5.41, 5.74) is 0.778. The van der Waals surface area contributed by atoms with Gasteiger partial charge in [0.15, 0.2) is 0 Å². The van der Waals surface area contributed by atoms with Gasteiger partial charge in [-0.05, 0) is 31.2 Å². The number of nitrogens with one attached hydrogen (secondary N) is 1. The Bertz CT molecular complexity index is 733. The highest BCUT2D eigenvalue weighted by Crippen LogP contribution is 2.15. The summed E-state index contributed by atoms with van der Waals surface area (Å²) in [6.07, 6.45) is -0.800. The second-order valence-electron chi connectivity index (χ2n) is 5.95. The minimum absolute atomic E-state index is 0.0357. The van der Waals surface area contributed by atoms with Gasteiger partial charge in [0.25, 0.3) is 5.91 Å². The van der Waals surface area contributed by atoms with Crippen LogP contribution in [0.5, 0.6) is 0 Å². The number of nitrogens with zero attached hydrogens (tertiary/aromatic N) is 2. The van der Waals surface area contributed by atoms with Crippen LogP contribution in [0.15, 0.2) is 24.3 Å². The van der Waals surface area contributed by atoms with Crippen molar-refractivity contribution in [2.75, 3.05) is 36.7 Å². The van der Waals surface area contributed by atoms with Crippen molar-refractivity contribution in [1.29, 1.82) is 0 Å². The van der Waals surface area contributed by atoms with Gasteiger partial charge < -0.3 is 14.9 Å². The Morgan fingerprint density at radius 3 is 2.28 bits per heavy atom. The summed E-state index contributed by atoms with van der Waals surface area (Å²) < 4.78 is 25.5. The van der Waals surface area contributed by atoms with Crippen LogP contribution in [-0.2, 0) is 14.8 Å². The third-order valence-electron chi connectivity index (χ3n) is 4.02. The van der Waals surface area contributed by atoms with Gasteiger partial charge in [0, 0.05) is 44.4 Å². The van der Waals surface area contributed by atoms with Crippen LogP contribution in [0.1, 0.15) is 24.2 Å². The Morgan fingerprint density at radius 1 is 1.16 bits per heavy atom. The number of benzene rings is 1. The van der Waals surface area contributed by atoms with E-state index in [1.165, 1.54) is 47.9 Å². The van der Waals surface area contributed by atoms with Crippen molar-refractivity contribution in [3.63, 3.8) is 0 Å². The molecule has 8 nitrogen and oxygen atoms in total. The lowest BCUT2D eigenvalue weighted by atomic mass is 10.1. The average Bonchev–Trinajstić information content (AvgIpc) is 2.76. The predicted octanol–water partition coefficient (Wildman–Crippen LogP) is 0.113. The number of aliphatic hydroxyl groups is 1.